The Balaban J connectivity index is 2.09. The second-order valence-electron chi connectivity index (χ2n) is 5.03. The number of benzene rings is 2. The van der Waals surface area contributed by atoms with Gasteiger partial charge in [0.05, 0.1) is 0 Å². The third-order valence-electron chi connectivity index (χ3n) is 3.50. The lowest BCUT2D eigenvalue weighted by atomic mass is 10.1. The van der Waals surface area contributed by atoms with Gasteiger partial charge in [-0.05, 0) is 43.7 Å². The molecule has 0 fully saturated rings. The van der Waals surface area contributed by atoms with E-state index in [2.05, 4.69) is 43.0 Å². The van der Waals surface area contributed by atoms with Gasteiger partial charge in [-0.1, -0.05) is 29.8 Å². The SMILES string of the molecule is CCN(CC(N)c1ccc(F)cc1)c1ccc(C)cc1. The molecule has 2 aromatic rings. The van der Waals surface area contributed by atoms with Crippen molar-refractivity contribution >= 4 is 5.69 Å². The van der Waals surface area contributed by atoms with Gasteiger partial charge in [0, 0.05) is 24.8 Å². The number of nitrogens with zero attached hydrogens (tertiary/aromatic N) is 1. The second-order valence-corrected chi connectivity index (χ2v) is 5.03. The number of anilines is 1. The molecule has 2 aromatic carbocycles. The summed E-state index contributed by atoms with van der Waals surface area (Å²) in [6.07, 6.45) is 0. The van der Waals surface area contributed by atoms with E-state index in [0.717, 1.165) is 17.8 Å². The van der Waals surface area contributed by atoms with Crippen LogP contribution in [0.3, 0.4) is 0 Å². The Bertz CT molecular complexity index is 534. The van der Waals surface area contributed by atoms with Crippen LogP contribution in [0.4, 0.5) is 10.1 Å². The fraction of sp³-hybridized carbons (Fsp3) is 0.294. The summed E-state index contributed by atoms with van der Waals surface area (Å²) in [6.45, 7) is 5.78. The first-order chi connectivity index (χ1) is 9.60. The predicted octanol–water partition coefficient (Wildman–Crippen LogP) is 3.66. The van der Waals surface area contributed by atoms with E-state index in [1.165, 1.54) is 17.7 Å². The molecule has 1 atom stereocenters. The number of halogens is 1. The molecule has 0 spiro atoms. The average Bonchev–Trinajstić information content (AvgIpc) is 2.46. The van der Waals surface area contributed by atoms with Crippen molar-refractivity contribution in [3.8, 4) is 0 Å². The van der Waals surface area contributed by atoms with Crippen LogP contribution in [-0.4, -0.2) is 13.1 Å². The smallest absolute Gasteiger partial charge is 0.123 e. The summed E-state index contributed by atoms with van der Waals surface area (Å²) < 4.78 is 12.9. The van der Waals surface area contributed by atoms with Gasteiger partial charge in [0.25, 0.3) is 0 Å². The molecule has 0 heterocycles. The van der Waals surface area contributed by atoms with Crippen LogP contribution in [-0.2, 0) is 0 Å². The van der Waals surface area contributed by atoms with Crippen LogP contribution in [0.15, 0.2) is 48.5 Å². The molecule has 20 heavy (non-hydrogen) atoms. The Morgan fingerprint density at radius 3 is 2.20 bits per heavy atom. The molecule has 0 aliphatic heterocycles. The monoisotopic (exact) mass is 272 g/mol. The van der Waals surface area contributed by atoms with E-state index in [1.54, 1.807) is 12.1 Å². The molecule has 0 bridgehead atoms. The Morgan fingerprint density at radius 2 is 1.65 bits per heavy atom. The average molecular weight is 272 g/mol. The molecule has 0 saturated carbocycles. The molecule has 2 rings (SSSR count). The summed E-state index contributed by atoms with van der Waals surface area (Å²) in [6, 6.07) is 14.7. The molecule has 0 radical (unpaired) electrons. The molecule has 2 N–H and O–H groups in total. The van der Waals surface area contributed by atoms with Gasteiger partial charge in [-0.3, -0.25) is 0 Å². The zero-order chi connectivity index (χ0) is 14.5. The van der Waals surface area contributed by atoms with Crippen LogP contribution >= 0.6 is 0 Å². The summed E-state index contributed by atoms with van der Waals surface area (Å²) in [4.78, 5) is 2.23. The lowest BCUT2D eigenvalue weighted by molar-refractivity contribution is 0.623. The maximum Gasteiger partial charge on any atom is 0.123 e. The van der Waals surface area contributed by atoms with Crippen LogP contribution in [0, 0.1) is 12.7 Å². The van der Waals surface area contributed by atoms with Crippen molar-refractivity contribution in [3.63, 3.8) is 0 Å². The highest BCUT2D eigenvalue weighted by molar-refractivity contribution is 5.47. The first-order valence-electron chi connectivity index (χ1n) is 6.93. The molecule has 3 heteroatoms. The van der Waals surface area contributed by atoms with Crippen LogP contribution in [0.2, 0.25) is 0 Å². The van der Waals surface area contributed by atoms with Gasteiger partial charge in [-0.15, -0.1) is 0 Å². The maximum absolute atomic E-state index is 12.9. The molecular formula is C17H21FN2. The highest BCUT2D eigenvalue weighted by atomic mass is 19.1. The first kappa shape index (κ1) is 14.5. The van der Waals surface area contributed by atoms with E-state index in [-0.39, 0.29) is 11.9 Å². The zero-order valence-electron chi connectivity index (χ0n) is 12.0. The van der Waals surface area contributed by atoms with Crippen molar-refractivity contribution in [3.05, 3.63) is 65.5 Å². The van der Waals surface area contributed by atoms with Gasteiger partial charge in [-0.25, -0.2) is 4.39 Å². The van der Waals surface area contributed by atoms with Crippen molar-refractivity contribution in [1.82, 2.24) is 0 Å². The standard InChI is InChI=1S/C17H21FN2/c1-3-20(16-10-4-13(2)5-11-16)12-17(19)14-6-8-15(18)9-7-14/h4-11,17H,3,12,19H2,1-2H3. The van der Waals surface area contributed by atoms with Crippen LogP contribution in [0.5, 0.6) is 0 Å². The highest BCUT2D eigenvalue weighted by Gasteiger charge is 2.12. The number of hydrogen-bond donors (Lipinski definition) is 1. The third kappa shape index (κ3) is 3.58. The number of likely N-dealkylation sites (N-methyl/N-ethyl adjacent to an activating group) is 1. The first-order valence-corrected chi connectivity index (χ1v) is 6.93. The van der Waals surface area contributed by atoms with Crippen LogP contribution in [0.25, 0.3) is 0 Å². The minimum atomic E-state index is -0.230. The zero-order valence-corrected chi connectivity index (χ0v) is 12.0. The van der Waals surface area contributed by atoms with Gasteiger partial charge in [-0.2, -0.15) is 0 Å². The maximum atomic E-state index is 12.9. The molecule has 1 unspecified atom stereocenters. The largest absolute Gasteiger partial charge is 0.370 e. The van der Waals surface area contributed by atoms with Crippen molar-refractivity contribution in [2.45, 2.75) is 19.9 Å². The molecule has 106 valence electrons. The molecular weight excluding hydrogens is 251 g/mol. The molecule has 0 aromatic heterocycles. The van der Waals surface area contributed by atoms with Gasteiger partial charge in [0.2, 0.25) is 0 Å². The van der Waals surface area contributed by atoms with Gasteiger partial charge in [0.1, 0.15) is 5.82 Å². The Hall–Kier alpha value is -1.87. The van der Waals surface area contributed by atoms with Gasteiger partial charge >= 0.3 is 0 Å². The fourth-order valence-corrected chi connectivity index (χ4v) is 2.23. The van der Waals surface area contributed by atoms with Crippen molar-refractivity contribution in [1.29, 1.82) is 0 Å². The molecule has 0 amide bonds. The minimum absolute atomic E-state index is 0.128. The van der Waals surface area contributed by atoms with E-state index in [1.807, 2.05) is 0 Å². The van der Waals surface area contributed by atoms with Crippen molar-refractivity contribution in [2.75, 3.05) is 18.0 Å². The van der Waals surface area contributed by atoms with Crippen molar-refractivity contribution in [2.24, 2.45) is 5.73 Å². The lowest BCUT2D eigenvalue weighted by Gasteiger charge is -2.27. The molecule has 0 saturated heterocycles. The summed E-state index contributed by atoms with van der Waals surface area (Å²) in [5.41, 5.74) is 9.59. The third-order valence-corrected chi connectivity index (χ3v) is 3.50. The van der Waals surface area contributed by atoms with E-state index in [0.29, 0.717) is 6.54 Å². The second kappa shape index (κ2) is 6.53. The van der Waals surface area contributed by atoms with E-state index in [9.17, 15) is 4.39 Å². The van der Waals surface area contributed by atoms with Crippen molar-refractivity contribution < 1.29 is 4.39 Å². The number of nitrogens with two attached hydrogens (primary N) is 1. The Labute approximate surface area is 120 Å². The fourth-order valence-electron chi connectivity index (χ4n) is 2.23. The Kier molecular flexibility index (Phi) is 4.74. The predicted molar refractivity (Wildman–Crippen MR) is 82.4 cm³/mol. The Morgan fingerprint density at radius 1 is 1.05 bits per heavy atom. The van der Waals surface area contributed by atoms with E-state index < -0.39 is 0 Å². The van der Waals surface area contributed by atoms with Crippen LogP contribution < -0.4 is 10.6 Å². The number of hydrogen-bond acceptors (Lipinski definition) is 2. The number of aryl methyl sites for hydroxylation is 1. The summed E-state index contributed by atoms with van der Waals surface area (Å²) in [5.74, 6) is -0.230. The minimum Gasteiger partial charge on any atom is -0.370 e. The lowest BCUT2D eigenvalue weighted by Crippen LogP contribution is -2.32. The number of rotatable bonds is 5. The summed E-state index contributed by atoms with van der Waals surface area (Å²) in [7, 11) is 0. The summed E-state index contributed by atoms with van der Waals surface area (Å²) in [5, 5.41) is 0. The van der Waals surface area contributed by atoms with Gasteiger partial charge < -0.3 is 10.6 Å². The molecule has 0 aliphatic rings. The van der Waals surface area contributed by atoms with E-state index >= 15 is 0 Å². The van der Waals surface area contributed by atoms with E-state index in [4.69, 9.17) is 5.73 Å². The van der Waals surface area contributed by atoms with Crippen LogP contribution in [0.1, 0.15) is 24.1 Å². The molecule has 2 nitrogen and oxygen atoms in total. The normalized spacial score (nSPS) is 12.2. The summed E-state index contributed by atoms with van der Waals surface area (Å²) >= 11 is 0. The van der Waals surface area contributed by atoms with Gasteiger partial charge in [0.15, 0.2) is 0 Å². The quantitative estimate of drug-likeness (QED) is 0.900. The highest BCUT2D eigenvalue weighted by Crippen LogP contribution is 2.19. The molecule has 0 aliphatic carbocycles. The topological polar surface area (TPSA) is 29.3 Å².